The summed E-state index contributed by atoms with van der Waals surface area (Å²) in [7, 11) is 6.24. The molecule has 0 saturated heterocycles. The van der Waals surface area contributed by atoms with E-state index in [4.69, 9.17) is 8.86 Å². The summed E-state index contributed by atoms with van der Waals surface area (Å²) in [4.78, 5) is 1.39. The van der Waals surface area contributed by atoms with Crippen molar-refractivity contribution in [3.8, 4) is 0 Å². The van der Waals surface area contributed by atoms with Gasteiger partial charge in [0.05, 0.1) is 0 Å². The minimum absolute atomic E-state index is 0. The molecule has 26 heavy (non-hydrogen) atoms. The first-order chi connectivity index (χ1) is 11.7. The first-order valence-corrected chi connectivity index (χ1v) is 15.6. The van der Waals surface area contributed by atoms with Crippen molar-refractivity contribution < 1.29 is 44.5 Å². The molecule has 0 bridgehead atoms. The van der Waals surface area contributed by atoms with Gasteiger partial charge in [-0.3, -0.25) is 0 Å². The number of rotatable bonds is 2. The van der Waals surface area contributed by atoms with Crippen molar-refractivity contribution >= 4 is 60.8 Å². The predicted octanol–water partition coefficient (Wildman–Crippen LogP) is -0.849. The Labute approximate surface area is 189 Å². The van der Waals surface area contributed by atoms with Crippen LogP contribution < -0.4 is 31.4 Å². The van der Waals surface area contributed by atoms with E-state index >= 15 is 0 Å². The fourth-order valence-corrected chi connectivity index (χ4v) is 11.9. The van der Waals surface area contributed by atoms with Crippen molar-refractivity contribution in [1.29, 1.82) is 0 Å². The molecule has 2 aromatic carbocycles. The van der Waals surface area contributed by atoms with Crippen molar-refractivity contribution in [3.05, 3.63) is 75.7 Å². The third kappa shape index (κ3) is 3.36. The average Bonchev–Trinajstić information content (AvgIpc) is 3.26. The number of alkyl halides is 1. The molecule has 0 nitrogen and oxygen atoms in total. The SMILES string of the molecule is [Cl-].[Cl-].[S]=[Zr+2]([c]1cccc2c1C=CC2)[c]1cccc2c1C1=CC(Br)SC1=C2. The van der Waals surface area contributed by atoms with Crippen LogP contribution in [0.2, 0.25) is 0 Å². The summed E-state index contributed by atoms with van der Waals surface area (Å²) >= 11 is 3.29. The summed E-state index contributed by atoms with van der Waals surface area (Å²) in [6, 6.07) is 13.4. The van der Waals surface area contributed by atoms with Gasteiger partial charge in [0.25, 0.3) is 0 Å². The topological polar surface area (TPSA) is 0 Å². The Morgan fingerprint density at radius 3 is 2.69 bits per heavy atom. The Balaban J connectivity index is 0.000000980. The summed E-state index contributed by atoms with van der Waals surface area (Å²) in [5, 5.41) is 0. The Hall–Kier alpha value is 0.173. The first-order valence-electron chi connectivity index (χ1n) is 7.93. The summed E-state index contributed by atoms with van der Waals surface area (Å²) in [6.07, 6.45) is 10.3. The molecule has 1 unspecified atom stereocenters. The standard InChI is InChI=1S/C11H6BrS.C9H7.2ClH.S.Zr/c12-11-6-9-8-4-2-1-3-7(8)5-10(9)13-11;1-2-5-9-7-3-6-8(9)4-1;;;;/h1-3,5-6,11H;1-4,7H,6H2;2*1H;;/q;;;;;+2/p-2. The van der Waals surface area contributed by atoms with E-state index in [1.807, 2.05) is 11.8 Å². The summed E-state index contributed by atoms with van der Waals surface area (Å²) < 4.78 is 3.31. The molecular weight excluding hydrogens is 546 g/mol. The van der Waals surface area contributed by atoms with Crippen molar-refractivity contribution in [2.45, 2.75) is 10.6 Å². The molecule has 1 atom stereocenters. The number of hydrogen-bond donors (Lipinski definition) is 0. The molecular formula is C20H13BrCl2S2Zr. The van der Waals surface area contributed by atoms with Gasteiger partial charge in [0.2, 0.25) is 0 Å². The quantitative estimate of drug-likeness (QED) is 0.441. The third-order valence-corrected chi connectivity index (χ3v) is 13.6. The predicted molar refractivity (Wildman–Crippen MR) is 109 cm³/mol. The van der Waals surface area contributed by atoms with Crippen LogP contribution >= 0.6 is 36.5 Å². The van der Waals surface area contributed by atoms with Gasteiger partial charge in [0.1, 0.15) is 0 Å². The number of benzene rings is 2. The van der Waals surface area contributed by atoms with E-state index in [1.165, 1.54) is 39.3 Å². The number of fused-ring (bicyclic) bond motifs is 4. The molecule has 1 heterocycles. The molecule has 0 radical (unpaired) electrons. The monoisotopic (exact) mass is 556 g/mol. The molecule has 0 N–H and O–H groups in total. The van der Waals surface area contributed by atoms with E-state index in [0.717, 1.165) is 6.42 Å². The van der Waals surface area contributed by atoms with Gasteiger partial charge in [-0.05, 0) is 0 Å². The van der Waals surface area contributed by atoms with Gasteiger partial charge in [0, 0.05) is 0 Å². The number of thioether (sulfide) groups is 1. The number of hydrogen-bond acceptors (Lipinski definition) is 2. The Kier molecular flexibility index (Phi) is 6.65. The molecule has 0 aromatic heterocycles. The van der Waals surface area contributed by atoms with E-state index in [-0.39, 0.29) is 24.8 Å². The van der Waals surface area contributed by atoms with Crippen LogP contribution in [0.3, 0.4) is 0 Å². The molecule has 0 fully saturated rings. The zero-order chi connectivity index (χ0) is 16.3. The normalized spacial score (nSPS) is 17.8. The van der Waals surface area contributed by atoms with E-state index in [9.17, 15) is 0 Å². The van der Waals surface area contributed by atoms with E-state index in [0.29, 0.717) is 4.16 Å². The molecule has 2 aromatic rings. The molecule has 1 aliphatic heterocycles. The molecule has 6 heteroatoms. The zero-order valence-corrected chi connectivity index (χ0v) is 20.7. The molecule has 2 aliphatic carbocycles. The van der Waals surface area contributed by atoms with E-state index in [2.05, 4.69) is 76.6 Å². The van der Waals surface area contributed by atoms with Crippen LogP contribution in [0.5, 0.6) is 0 Å². The van der Waals surface area contributed by atoms with Gasteiger partial charge < -0.3 is 24.8 Å². The van der Waals surface area contributed by atoms with Crippen LogP contribution in [0.25, 0.3) is 17.7 Å². The van der Waals surface area contributed by atoms with Gasteiger partial charge in [-0.2, -0.15) is 0 Å². The molecule has 130 valence electrons. The van der Waals surface area contributed by atoms with Crippen molar-refractivity contribution in [2.24, 2.45) is 0 Å². The van der Waals surface area contributed by atoms with Gasteiger partial charge in [-0.1, -0.05) is 0 Å². The van der Waals surface area contributed by atoms with E-state index in [1.54, 1.807) is 0 Å². The first kappa shape index (κ1) is 20.9. The van der Waals surface area contributed by atoms with Crippen LogP contribution in [0, 0.1) is 0 Å². The summed E-state index contributed by atoms with van der Waals surface area (Å²) in [6.45, 7) is 0. The average molecular weight is 559 g/mol. The molecule has 5 rings (SSSR count). The number of halogens is 3. The van der Waals surface area contributed by atoms with Crippen molar-refractivity contribution in [2.75, 3.05) is 0 Å². The van der Waals surface area contributed by atoms with E-state index < -0.39 is 19.7 Å². The fraction of sp³-hybridized carbons (Fsp3) is 0.100. The van der Waals surface area contributed by atoms with Crippen LogP contribution in [-0.2, 0) is 26.1 Å². The Morgan fingerprint density at radius 1 is 1.08 bits per heavy atom. The third-order valence-electron chi connectivity index (χ3n) is 4.76. The number of allylic oxidation sites excluding steroid dienone is 2. The molecule has 3 aliphatic rings. The Morgan fingerprint density at radius 2 is 1.85 bits per heavy atom. The van der Waals surface area contributed by atoms with Crippen molar-refractivity contribution in [3.63, 3.8) is 0 Å². The molecule has 0 saturated carbocycles. The molecule has 0 spiro atoms. The summed E-state index contributed by atoms with van der Waals surface area (Å²) in [5.41, 5.74) is 7.04. The maximum atomic E-state index is 6.24. The second-order valence-electron chi connectivity index (χ2n) is 6.14. The zero-order valence-electron chi connectivity index (χ0n) is 13.5. The van der Waals surface area contributed by atoms with Crippen molar-refractivity contribution in [1.82, 2.24) is 0 Å². The van der Waals surface area contributed by atoms with Crippen LogP contribution in [0.15, 0.2) is 53.5 Å². The van der Waals surface area contributed by atoms with Gasteiger partial charge >= 0.3 is 167 Å². The fourth-order valence-electron chi connectivity index (χ4n) is 3.71. The van der Waals surface area contributed by atoms with Crippen LogP contribution in [0.1, 0.15) is 22.3 Å². The molecule has 0 amide bonds. The van der Waals surface area contributed by atoms with Crippen LogP contribution in [-0.4, -0.2) is 4.16 Å². The van der Waals surface area contributed by atoms with Gasteiger partial charge in [0.15, 0.2) is 0 Å². The van der Waals surface area contributed by atoms with Gasteiger partial charge in [-0.15, -0.1) is 0 Å². The Bertz CT molecular complexity index is 1010. The van der Waals surface area contributed by atoms with Crippen LogP contribution in [0.4, 0.5) is 0 Å². The van der Waals surface area contributed by atoms with Gasteiger partial charge in [-0.25, -0.2) is 0 Å². The second-order valence-corrected chi connectivity index (χ2v) is 15.6. The minimum atomic E-state index is -2.32. The second kappa shape index (κ2) is 8.27. The summed E-state index contributed by atoms with van der Waals surface area (Å²) in [5.74, 6) is 0. The maximum absolute atomic E-state index is 6.24.